The maximum Gasteiger partial charge on any atom is 0.311 e. The van der Waals surface area contributed by atoms with E-state index in [0.717, 1.165) is 6.42 Å². The molecule has 0 aliphatic heterocycles. The monoisotopic (exact) mass is 492 g/mol. The second kappa shape index (κ2) is 12.5. The summed E-state index contributed by atoms with van der Waals surface area (Å²) in [6, 6.07) is 0. The SMILES string of the molecule is CCC(C)(C)C(=O)O[C@H]1C[C@@H](C)C=C2C=C[C@H](C)[C@H](CC[C@@H](O)C[C@@H](O)CC(=O)NNC(=N)N)C21. The molecule has 0 aromatic heterocycles. The topological polar surface area (TPSA) is 158 Å². The van der Waals surface area contributed by atoms with Crippen molar-refractivity contribution in [1.82, 2.24) is 10.9 Å². The molecule has 2 aliphatic carbocycles. The number of ether oxygens (including phenoxy) is 1. The Morgan fingerprint density at radius 3 is 2.57 bits per heavy atom. The van der Waals surface area contributed by atoms with Crippen LogP contribution in [0.2, 0.25) is 0 Å². The van der Waals surface area contributed by atoms with E-state index in [4.69, 9.17) is 15.9 Å². The molecule has 2 rings (SSSR count). The van der Waals surface area contributed by atoms with Crippen LogP contribution in [0.4, 0.5) is 0 Å². The number of nitrogens with one attached hydrogen (secondary N) is 3. The normalized spacial score (nSPS) is 27.7. The minimum Gasteiger partial charge on any atom is -0.461 e. The zero-order valence-electron chi connectivity index (χ0n) is 21.7. The van der Waals surface area contributed by atoms with Crippen molar-refractivity contribution in [2.45, 2.75) is 91.5 Å². The molecule has 1 unspecified atom stereocenters. The van der Waals surface area contributed by atoms with Crippen molar-refractivity contribution in [3.8, 4) is 0 Å². The smallest absolute Gasteiger partial charge is 0.311 e. The Hall–Kier alpha value is -2.39. The number of carbonyl (C=O) groups is 2. The molecule has 0 saturated heterocycles. The van der Waals surface area contributed by atoms with Gasteiger partial charge in [0.2, 0.25) is 11.9 Å². The van der Waals surface area contributed by atoms with Crippen molar-refractivity contribution >= 4 is 17.8 Å². The van der Waals surface area contributed by atoms with Crippen molar-refractivity contribution in [1.29, 1.82) is 5.41 Å². The van der Waals surface area contributed by atoms with Gasteiger partial charge in [-0.1, -0.05) is 39.0 Å². The first-order chi connectivity index (χ1) is 16.3. The Kier molecular flexibility index (Phi) is 10.3. The Balaban J connectivity index is 2.02. The van der Waals surface area contributed by atoms with Crippen LogP contribution in [0.15, 0.2) is 23.8 Å². The number of hydrazine groups is 1. The van der Waals surface area contributed by atoms with Gasteiger partial charge in [0, 0.05) is 5.92 Å². The number of rotatable bonds is 10. The Bertz CT molecular complexity index is 825. The number of fused-ring (bicyclic) bond motifs is 1. The van der Waals surface area contributed by atoms with Gasteiger partial charge in [-0.3, -0.25) is 25.8 Å². The van der Waals surface area contributed by atoms with E-state index in [0.29, 0.717) is 25.2 Å². The molecule has 0 bridgehead atoms. The van der Waals surface area contributed by atoms with E-state index in [1.807, 2.05) is 20.8 Å². The molecule has 35 heavy (non-hydrogen) atoms. The lowest BCUT2D eigenvalue weighted by Gasteiger charge is -2.44. The molecule has 9 nitrogen and oxygen atoms in total. The zero-order valence-corrected chi connectivity index (χ0v) is 21.7. The van der Waals surface area contributed by atoms with Crippen molar-refractivity contribution in [3.05, 3.63) is 23.8 Å². The number of hydrogen-bond acceptors (Lipinski definition) is 6. The van der Waals surface area contributed by atoms with Gasteiger partial charge < -0.3 is 20.7 Å². The fraction of sp³-hybridized carbons (Fsp3) is 0.731. The van der Waals surface area contributed by atoms with Crippen molar-refractivity contribution < 1.29 is 24.5 Å². The first kappa shape index (κ1) is 28.8. The average Bonchev–Trinajstić information content (AvgIpc) is 2.76. The largest absolute Gasteiger partial charge is 0.461 e. The third kappa shape index (κ3) is 8.35. The number of nitrogens with two attached hydrogens (primary N) is 1. The molecule has 0 saturated carbocycles. The highest BCUT2D eigenvalue weighted by Crippen LogP contribution is 2.45. The third-order valence-corrected chi connectivity index (χ3v) is 7.43. The van der Waals surface area contributed by atoms with E-state index < -0.39 is 29.5 Å². The number of carbonyl (C=O) groups excluding carboxylic acids is 2. The van der Waals surface area contributed by atoms with E-state index in [1.54, 1.807) is 0 Å². The fourth-order valence-corrected chi connectivity index (χ4v) is 4.96. The van der Waals surface area contributed by atoms with Gasteiger partial charge in [-0.2, -0.15) is 0 Å². The van der Waals surface area contributed by atoms with Crippen LogP contribution in [-0.4, -0.2) is 46.4 Å². The van der Waals surface area contributed by atoms with Crippen LogP contribution in [0, 0.1) is 34.5 Å². The Morgan fingerprint density at radius 2 is 1.94 bits per heavy atom. The molecular weight excluding hydrogens is 448 g/mol. The van der Waals surface area contributed by atoms with Crippen molar-refractivity contribution in [2.75, 3.05) is 0 Å². The summed E-state index contributed by atoms with van der Waals surface area (Å²) in [6.45, 7) is 10.1. The van der Waals surface area contributed by atoms with Gasteiger partial charge in [-0.15, -0.1) is 0 Å². The van der Waals surface area contributed by atoms with Crippen molar-refractivity contribution in [3.63, 3.8) is 0 Å². The van der Waals surface area contributed by atoms with Gasteiger partial charge in [-0.25, -0.2) is 0 Å². The van der Waals surface area contributed by atoms with E-state index in [1.165, 1.54) is 5.57 Å². The molecule has 7 atom stereocenters. The lowest BCUT2D eigenvalue weighted by atomic mass is 9.65. The molecule has 9 heteroatoms. The van der Waals surface area contributed by atoms with E-state index >= 15 is 0 Å². The average molecular weight is 493 g/mol. The number of aliphatic hydroxyl groups is 2. The molecule has 2 aliphatic rings. The van der Waals surface area contributed by atoms with Gasteiger partial charge >= 0.3 is 5.97 Å². The highest BCUT2D eigenvalue weighted by atomic mass is 16.5. The molecule has 0 heterocycles. The van der Waals surface area contributed by atoms with Crippen LogP contribution in [0.5, 0.6) is 0 Å². The summed E-state index contributed by atoms with van der Waals surface area (Å²) >= 11 is 0. The summed E-state index contributed by atoms with van der Waals surface area (Å²) in [4.78, 5) is 24.7. The first-order valence-corrected chi connectivity index (χ1v) is 12.7. The summed E-state index contributed by atoms with van der Waals surface area (Å²) < 4.78 is 6.13. The summed E-state index contributed by atoms with van der Waals surface area (Å²) in [5.41, 5.74) is 10.2. The molecule has 0 fully saturated rings. The van der Waals surface area contributed by atoms with Crippen LogP contribution in [0.3, 0.4) is 0 Å². The number of esters is 1. The Labute approximate surface area is 209 Å². The predicted octanol–water partition coefficient (Wildman–Crippen LogP) is 2.54. The molecule has 7 N–H and O–H groups in total. The minimum atomic E-state index is -1.02. The van der Waals surface area contributed by atoms with E-state index in [9.17, 15) is 19.8 Å². The highest BCUT2D eigenvalue weighted by molar-refractivity contribution is 5.81. The molecular formula is C26H44N4O5. The van der Waals surface area contributed by atoms with Crippen molar-refractivity contribution in [2.24, 2.45) is 34.8 Å². The molecule has 0 spiro atoms. The van der Waals surface area contributed by atoms with Crippen LogP contribution >= 0.6 is 0 Å². The summed E-state index contributed by atoms with van der Waals surface area (Å²) in [5, 5.41) is 27.8. The number of aliphatic hydroxyl groups excluding tert-OH is 2. The number of hydrogen-bond donors (Lipinski definition) is 6. The van der Waals surface area contributed by atoms with E-state index in [-0.39, 0.29) is 42.7 Å². The van der Waals surface area contributed by atoms with Crippen LogP contribution in [0.25, 0.3) is 0 Å². The Morgan fingerprint density at radius 1 is 1.26 bits per heavy atom. The zero-order chi connectivity index (χ0) is 26.3. The fourth-order valence-electron chi connectivity index (χ4n) is 4.96. The predicted molar refractivity (Wildman–Crippen MR) is 135 cm³/mol. The first-order valence-electron chi connectivity index (χ1n) is 12.7. The van der Waals surface area contributed by atoms with Gasteiger partial charge in [0.15, 0.2) is 0 Å². The maximum atomic E-state index is 12.9. The van der Waals surface area contributed by atoms with Crippen LogP contribution in [0.1, 0.15) is 73.1 Å². The molecule has 1 amide bonds. The molecule has 198 valence electrons. The quantitative estimate of drug-likeness (QED) is 0.118. The maximum absolute atomic E-state index is 12.9. The minimum absolute atomic E-state index is 0.0674. The van der Waals surface area contributed by atoms with Crippen LogP contribution < -0.4 is 16.6 Å². The lowest BCUT2D eigenvalue weighted by Crippen LogP contribution is -2.46. The molecule has 0 aromatic carbocycles. The second-order valence-electron chi connectivity index (χ2n) is 10.9. The lowest BCUT2D eigenvalue weighted by molar-refractivity contribution is -0.164. The summed E-state index contributed by atoms with van der Waals surface area (Å²) in [5.74, 6) is -0.258. The van der Waals surface area contributed by atoms with E-state index in [2.05, 4.69) is 42.9 Å². The van der Waals surface area contributed by atoms with Gasteiger partial charge in [0.25, 0.3) is 0 Å². The standard InChI is InChI=1S/C26H44N4O5/c1-6-26(4,5)24(34)35-21-12-15(2)11-17-8-7-16(3)20(23(17)21)10-9-18(31)13-19(32)14-22(33)29-30-25(27)28/h7-8,11,15-16,18-21,23,31-32H,6,9-10,12-14H2,1-5H3,(H,29,33)(H4,27,28,30)/t15-,16-,18+,19+,20-,21-,23?/m0/s1. The second-order valence-corrected chi connectivity index (χ2v) is 10.9. The molecule has 0 aromatic rings. The highest BCUT2D eigenvalue weighted by Gasteiger charge is 2.42. The van der Waals surface area contributed by atoms with Gasteiger partial charge in [-0.05, 0) is 69.3 Å². The number of allylic oxidation sites excluding steroid dienone is 3. The molecule has 0 radical (unpaired) electrons. The number of guanidine groups is 1. The van der Waals surface area contributed by atoms with Crippen LogP contribution in [-0.2, 0) is 14.3 Å². The summed E-state index contributed by atoms with van der Waals surface area (Å²) in [6.07, 6.45) is 7.13. The number of amides is 1. The van der Waals surface area contributed by atoms with Gasteiger partial charge in [0.1, 0.15) is 6.10 Å². The summed E-state index contributed by atoms with van der Waals surface area (Å²) in [7, 11) is 0. The van der Waals surface area contributed by atoms with Gasteiger partial charge in [0.05, 0.1) is 24.0 Å². The third-order valence-electron chi connectivity index (χ3n) is 7.43.